The van der Waals surface area contributed by atoms with Crippen molar-refractivity contribution in [2.24, 2.45) is 0 Å². The fourth-order valence-electron chi connectivity index (χ4n) is 3.18. The molecule has 3 nitrogen and oxygen atoms in total. The summed E-state index contributed by atoms with van der Waals surface area (Å²) >= 11 is 7.13. The van der Waals surface area contributed by atoms with E-state index in [0.29, 0.717) is 23.6 Å². The van der Waals surface area contributed by atoms with Gasteiger partial charge in [0.15, 0.2) is 0 Å². The Morgan fingerprint density at radius 1 is 1.17 bits per heavy atom. The Kier molecular flexibility index (Phi) is 5.47. The van der Waals surface area contributed by atoms with E-state index in [1.165, 1.54) is 0 Å². The third-order valence-corrected chi connectivity index (χ3v) is 5.25. The molecule has 0 aromatic heterocycles. The zero-order valence-corrected chi connectivity index (χ0v) is 14.6. The molecule has 1 fully saturated rings. The number of hydrogen-bond acceptors (Lipinski definition) is 4. The van der Waals surface area contributed by atoms with Crippen LogP contribution in [0, 0.1) is 10.7 Å². The van der Waals surface area contributed by atoms with Crippen molar-refractivity contribution < 1.29 is 9.84 Å². The van der Waals surface area contributed by atoms with Crippen molar-refractivity contribution >= 4 is 23.4 Å². The second-order valence-corrected chi connectivity index (χ2v) is 7.25. The van der Waals surface area contributed by atoms with Gasteiger partial charge in [0.25, 0.3) is 0 Å². The number of nitrogens with zero attached hydrogens (tertiary/aromatic N) is 1. The standard InChI is InChI=1S/C19H18ClNO2S/c20-16-8-6-14(7-9-16)18-11-19(22,15-4-2-1-3-5-15)10-17(23-18)12-24-13-21/h1-9,17-18,22H,10-12H2/t17-,18+,19-/m0/s1. The lowest BCUT2D eigenvalue weighted by Gasteiger charge is -2.41. The van der Waals surface area contributed by atoms with E-state index in [2.05, 4.69) is 5.40 Å². The minimum absolute atomic E-state index is 0.186. The van der Waals surface area contributed by atoms with E-state index in [1.54, 1.807) is 0 Å². The van der Waals surface area contributed by atoms with E-state index in [4.69, 9.17) is 21.6 Å². The molecule has 0 radical (unpaired) electrons. The average molecular weight is 360 g/mol. The summed E-state index contributed by atoms with van der Waals surface area (Å²) in [5, 5.41) is 22.9. The topological polar surface area (TPSA) is 53.2 Å². The summed E-state index contributed by atoms with van der Waals surface area (Å²) in [7, 11) is 0. The predicted molar refractivity (Wildman–Crippen MR) is 96.7 cm³/mol. The van der Waals surface area contributed by atoms with Gasteiger partial charge in [-0.2, -0.15) is 5.26 Å². The van der Waals surface area contributed by atoms with Gasteiger partial charge in [-0.1, -0.05) is 54.1 Å². The van der Waals surface area contributed by atoms with Gasteiger partial charge in [-0.25, -0.2) is 0 Å². The molecule has 3 rings (SSSR count). The Balaban J connectivity index is 1.89. The second kappa shape index (κ2) is 7.58. The molecule has 124 valence electrons. The number of thioether (sulfide) groups is 1. The number of rotatable bonds is 4. The van der Waals surface area contributed by atoms with E-state index >= 15 is 0 Å². The molecule has 1 saturated heterocycles. The molecular formula is C19H18ClNO2S. The third-order valence-electron chi connectivity index (χ3n) is 4.33. The van der Waals surface area contributed by atoms with Crippen LogP contribution in [0.1, 0.15) is 30.1 Å². The summed E-state index contributed by atoms with van der Waals surface area (Å²) in [5.74, 6) is 0.537. The molecule has 0 spiro atoms. The Morgan fingerprint density at radius 3 is 2.54 bits per heavy atom. The number of aliphatic hydroxyl groups is 1. The third kappa shape index (κ3) is 3.93. The molecule has 0 unspecified atom stereocenters. The van der Waals surface area contributed by atoms with Gasteiger partial charge < -0.3 is 9.84 Å². The normalized spacial score (nSPS) is 26.7. The summed E-state index contributed by atoms with van der Waals surface area (Å²) in [5.41, 5.74) is 0.907. The first kappa shape index (κ1) is 17.3. The maximum Gasteiger partial charge on any atom is 0.133 e. The first-order valence-corrected chi connectivity index (χ1v) is 9.17. The maximum absolute atomic E-state index is 11.3. The SMILES string of the molecule is N#CSC[C@@H]1C[C@@](O)(c2ccccc2)C[C@H](c2ccc(Cl)cc2)O1. The highest BCUT2D eigenvalue weighted by molar-refractivity contribution is 8.03. The van der Waals surface area contributed by atoms with Gasteiger partial charge in [-0.05, 0) is 35.0 Å². The average Bonchev–Trinajstić information content (AvgIpc) is 2.61. The van der Waals surface area contributed by atoms with Crippen molar-refractivity contribution in [3.05, 3.63) is 70.7 Å². The number of benzene rings is 2. The number of hydrogen-bond donors (Lipinski definition) is 1. The number of ether oxygens (including phenoxy) is 1. The van der Waals surface area contributed by atoms with Crippen LogP contribution in [-0.2, 0) is 10.3 Å². The maximum atomic E-state index is 11.3. The molecular weight excluding hydrogens is 342 g/mol. The van der Waals surface area contributed by atoms with Crippen molar-refractivity contribution in [1.82, 2.24) is 0 Å². The van der Waals surface area contributed by atoms with E-state index in [1.807, 2.05) is 54.6 Å². The highest BCUT2D eigenvalue weighted by Gasteiger charge is 2.41. The minimum atomic E-state index is -0.968. The van der Waals surface area contributed by atoms with E-state index < -0.39 is 5.60 Å². The first-order valence-electron chi connectivity index (χ1n) is 7.80. The molecule has 1 N–H and O–H groups in total. The first-order chi connectivity index (χ1) is 11.6. The van der Waals surface area contributed by atoms with Gasteiger partial charge in [0.05, 0.1) is 17.8 Å². The lowest BCUT2D eigenvalue weighted by atomic mass is 9.80. The molecule has 0 bridgehead atoms. The summed E-state index contributed by atoms with van der Waals surface area (Å²) in [6.07, 6.45) is 0.544. The van der Waals surface area contributed by atoms with Crippen molar-refractivity contribution in [3.8, 4) is 5.40 Å². The van der Waals surface area contributed by atoms with Gasteiger partial charge in [-0.3, -0.25) is 0 Å². The largest absolute Gasteiger partial charge is 0.385 e. The lowest BCUT2D eigenvalue weighted by molar-refractivity contribution is -0.142. The molecule has 24 heavy (non-hydrogen) atoms. The predicted octanol–water partition coefficient (Wildman–Crippen LogP) is 4.66. The molecule has 0 aliphatic carbocycles. The minimum Gasteiger partial charge on any atom is -0.385 e. The zero-order valence-electron chi connectivity index (χ0n) is 13.1. The molecule has 0 amide bonds. The molecule has 5 heteroatoms. The van der Waals surface area contributed by atoms with Crippen molar-refractivity contribution in [2.75, 3.05) is 5.75 Å². The van der Waals surface area contributed by atoms with Crippen LogP contribution in [0.5, 0.6) is 0 Å². The zero-order chi connectivity index (χ0) is 17.0. The Labute approximate surface area is 151 Å². The Hall–Kier alpha value is -1.51. The summed E-state index contributed by atoms with van der Waals surface area (Å²) in [4.78, 5) is 0. The van der Waals surface area contributed by atoms with E-state index in [-0.39, 0.29) is 12.2 Å². The van der Waals surface area contributed by atoms with Crippen LogP contribution < -0.4 is 0 Å². The van der Waals surface area contributed by atoms with Crippen LogP contribution in [-0.4, -0.2) is 17.0 Å². The highest BCUT2D eigenvalue weighted by atomic mass is 35.5. The molecule has 2 aromatic carbocycles. The molecule has 1 aliphatic rings. The van der Waals surface area contributed by atoms with Gasteiger partial charge in [-0.15, -0.1) is 0 Å². The lowest BCUT2D eigenvalue weighted by Crippen LogP contribution is -2.41. The van der Waals surface area contributed by atoms with Crippen LogP contribution >= 0.6 is 23.4 Å². The number of nitriles is 1. The summed E-state index contributed by atoms with van der Waals surface area (Å²) in [6.45, 7) is 0. The van der Waals surface area contributed by atoms with Crippen molar-refractivity contribution in [3.63, 3.8) is 0 Å². The van der Waals surface area contributed by atoms with Crippen molar-refractivity contribution in [2.45, 2.75) is 30.7 Å². The van der Waals surface area contributed by atoms with Crippen molar-refractivity contribution in [1.29, 1.82) is 5.26 Å². The number of halogens is 1. The van der Waals surface area contributed by atoms with E-state index in [0.717, 1.165) is 22.9 Å². The van der Waals surface area contributed by atoms with Crippen LogP contribution in [0.4, 0.5) is 0 Å². The van der Waals surface area contributed by atoms with Crippen LogP contribution in [0.25, 0.3) is 0 Å². The van der Waals surface area contributed by atoms with Gasteiger partial charge in [0, 0.05) is 23.6 Å². The number of thiocyanates is 1. The Morgan fingerprint density at radius 2 is 1.88 bits per heavy atom. The van der Waals surface area contributed by atoms with Gasteiger partial charge in [0.2, 0.25) is 0 Å². The summed E-state index contributed by atoms with van der Waals surface area (Å²) in [6, 6.07) is 17.2. The van der Waals surface area contributed by atoms with Crippen LogP contribution in [0.3, 0.4) is 0 Å². The molecule has 2 aromatic rings. The van der Waals surface area contributed by atoms with Gasteiger partial charge in [0.1, 0.15) is 5.40 Å². The molecule has 1 heterocycles. The smallest absolute Gasteiger partial charge is 0.133 e. The molecule has 1 aliphatic heterocycles. The highest BCUT2D eigenvalue weighted by Crippen LogP contribution is 2.44. The van der Waals surface area contributed by atoms with E-state index in [9.17, 15) is 5.11 Å². The fourth-order valence-corrected chi connectivity index (χ4v) is 3.76. The molecule has 0 saturated carbocycles. The Bertz CT molecular complexity index is 716. The fraction of sp³-hybridized carbons (Fsp3) is 0.316. The van der Waals surface area contributed by atoms with Gasteiger partial charge >= 0.3 is 0 Å². The second-order valence-electron chi connectivity index (χ2n) is 6.01. The monoisotopic (exact) mass is 359 g/mol. The van der Waals surface area contributed by atoms with Crippen LogP contribution in [0.2, 0.25) is 5.02 Å². The quantitative estimate of drug-likeness (QED) is 0.806. The summed E-state index contributed by atoms with van der Waals surface area (Å²) < 4.78 is 6.16. The van der Waals surface area contributed by atoms with Crippen LogP contribution in [0.15, 0.2) is 54.6 Å². The molecule has 3 atom stereocenters.